The maximum atomic E-state index is 14.0. The van der Waals surface area contributed by atoms with Crippen LogP contribution in [0.1, 0.15) is 31.1 Å². The van der Waals surface area contributed by atoms with Gasteiger partial charge in [-0.05, 0) is 32.9 Å². The molecule has 2 N–H and O–H groups in total. The Labute approximate surface area is 109 Å². The second-order valence-electron chi connectivity index (χ2n) is 5.19. The first-order valence-corrected chi connectivity index (χ1v) is 5.95. The molecule has 0 aliphatic heterocycles. The molecule has 96 valence electrons. The molecule has 0 bridgehead atoms. The van der Waals surface area contributed by atoms with E-state index < -0.39 is 17.3 Å². The molecule has 1 aromatic heterocycles. The average Bonchev–Trinajstić information content (AvgIpc) is 2.63. The van der Waals surface area contributed by atoms with Crippen molar-refractivity contribution in [3.05, 3.63) is 34.7 Å². The van der Waals surface area contributed by atoms with Crippen molar-refractivity contribution in [2.24, 2.45) is 0 Å². The second kappa shape index (κ2) is 4.28. The number of amides is 1. The summed E-state index contributed by atoms with van der Waals surface area (Å²) >= 11 is 5.80. The van der Waals surface area contributed by atoms with Gasteiger partial charge in [-0.2, -0.15) is 0 Å². The van der Waals surface area contributed by atoms with Crippen LogP contribution in [0.2, 0.25) is 5.02 Å². The van der Waals surface area contributed by atoms with Gasteiger partial charge < -0.3 is 10.3 Å². The summed E-state index contributed by atoms with van der Waals surface area (Å²) in [5, 5.41) is 3.38. The first-order chi connectivity index (χ1) is 8.29. The average molecular weight is 269 g/mol. The molecule has 2 aromatic rings. The molecule has 0 spiro atoms. The molecule has 0 atom stereocenters. The van der Waals surface area contributed by atoms with Crippen molar-refractivity contribution < 1.29 is 9.18 Å². The number of nitrogens with one attached hydrogen (secondary N) is 2. The van der Waals surface area contributed by atoms with Crippen LogP contribution in [0.3, 0.4) is 0 Å². The van der Waals surface area contributed by atoms with Gasteiger partial charge in [0.2, 0.25) is 0 Å². The smallest absolute Gasteiger partial charge is 0.256 e. The van der Waals surface area contributed by atoms with Crippen molar-refractivity contribution in [3.8, 4) is 0 Å². The van der Waals surface area contributed by atoms with E-state index in [2.05, 4.69) is 10.3 Å². The zero-order valence-corrected chi connectivity index (χ0v) is 11.2. The van der Waals surface area contributed by atoms with Gasteiger partial charge in [0.1, 0.15) is 5.56 Å². The Morgan fingerprint density at radius 1 is 1.44 bits per heavy atom. The summed E-state index contributed by atoms with van der Waals surface area (Å²) in [6, 6.07) is 3.24. The summed E-state index contributed by atoms with van der Waals surface area (Å²) in [5.41, 5.74) is -0.0267. The van der Waals surface area contributed by atoms with Crippen LogP contribution in [0.25, 0.3) is 10.9 Å². The van der Waals surface area contributed by atoms with E-state index in [1.807, 2.05) is 20.8 Å². The highest BCUT2D eigenvalue weighted by atomic mass is 35.5. The predicted octanol–water partition coefficient (Wildman–Crippen LogP) is 3.49. The lowest BCUT2D eigenvalue weighted by atomic mass is 10.1. The van der Waals surface area contributed by atoms with E-state index >= 15 is 0 Å². The third kappa shape index (κ3) is 2.34. The summed E-state index contributed by atoms with van der Waals surface area (Å²) in [4.78, 5) is 15.0. The van der Waals surface area contributed by atoms with Crippen LogP contribution in [0, 0.1) is 5.82 Å². The minimum absolute atomic E-state index is 0.0441. The fourth-order valence-corrected chi connectivity index (χ4v) is 1.98. The van der Waals surface area contributed by atoms with E-state index in [9.17, 15) is 9.18 Å². The van der Waals surface area contributed by atoms with Crippen molar-refractivity contribution in [2.75, 3.05) is 0 Å². The summed E-state index contributed by atoms with van der Waals surface area (Å²) in [7, 11) is 0. The zero-order chi connectivity index (χ0) is 13.5. The number of aromatic nitrogens is 1. The highest BCUT2D eigenvalue weighted by molar-refractivity contribution is 6.32. The van der Waals surface area contributed by atoms with Gasteiger partial charge >= 0.3 is 0 Å². The maximum absolute atomic E-state index is 14.0. The van der Waals surface area contributed by atoms with Crippen molar-refractivity contribution in [1.82, 2.24) is 10.3 Å². The van der Waals surface area contributed by atoms with Gasteiger partial charge in [-0.25, -0.2) is 4.39 Å². The maximum Gasteiger partial charge on any atom is 0.256 e. The van der Waals surface area contributed by atoms with Gasteiger partial charge in [0.15, 0.2) is 5.82 Å². The van der Waals surface area contributed by atoms with Gasteiger partial charge in [-0.1, -0.05) is 11.6 Å². The van der Waals surface area contributed by atoms with Crippen LogP contribution in [0.15, 0.2) is 18.3 Å². The molecule has 0 unspecified atom stereocenters. The Hall–Kier alpha value is -1.55. The number of fused-ring (bicyclic) bond motifs is 1. The van der Waals surface area contributed by atoms with Gasteiger partial charge in [-0.3, -0.25) is 4.79 Å². The van der Waals surface area contributed by atoms with Crippen LogP contribution in [0.4, 0.5) is 4.39 Å². The Kier molecular flexibility index (Phi) is 3.07. The molecule has 1 amide bonds. The quantitative estimate of drug-likeness (QED) is 0.817. The second-order valence-corrected chi connectivity index (χ2v) is 5.60. The number of H-pyrrole nitrogens is 1. The zero-order valence-electron chi connectivity index (χ0n) is 10.4. The fourth-order valence-electron chi connectivity index (χ4n) is 1.76. The molecule has 0 saturated heterocycles. The number of halogens is 2. The summed E-state index contributed by atoms with van der Waals surface area (Å²) in [6.07, 6.45) is 1.65. The van der Waals surface area contributed by atoms with Gasteiger partial charge in [0, 0.05) is 17.1 Å². The summed E-state index contributed by atoms with van der Waals surface area (Å²) in [5.74, 6) is -1.18. The van der Waals surface area contributed by atoms with E-state index in [-0.39, 0.29) is 10.6 Å². The minimum Gasteiger partial charge on any atom is -0.360 e. The normalized spacial score (nSPS) is 11.8. The molecular formula is C13H14ClFN2O. The number of rotatable bonds is 1. The van der Waals surface area contributed by atoms with Crippen molar-refractivity contribution >= 4 is 28.4 Å². The van der Waals surface area contributed by atoms with E-state index in [1.165, 1.54) is 6.07 Å². The lowest BCUT2D eigenvalue weighted by molar-refractivity contribution is 0.0917. The monoisotopic (exact) mass is 268 g/mol. The largest absolute Gasteiger partial charge is 0.360 e. The highest BCUT2D eigenvalue weighted by Gasteiger charge is 2.23. The molecular weight excluding hydrogens is 255 g/mol. The standard InChI is InChI=1S/C13H14ClFN2O/c1-13(2,3)17-12(18)9-10(15)8(14)6-7-4-5-16-11(7)9/h4-6,16H,1-3H3,(H,17,18). The summed E-state index contributed by atoms with van der Waals surface area (Å²) < 4.78 is 14.0. The molecule has 0 radical (unpaired) electrons. The Morgan fingerprint density at radius 2 is 2.11 bits per heavy atom. The number of hydrogen-bond donors (Lipinski definition) is 2. The van der Waals surface area contributed by atoms with Gasteiger partial charge in [0.25, 0.3) is 5.91 Å². The molecule has 1 heterocycles. The molecule has 3 nitrogen and oxygen atoms in total. The Balaban J connectivity index is 2.58. The highest BCUT2D eigenvalue weighted by Crippen LogP contribution is 2.27. The van der Waals surface area contributed by atoms with Crippen LogP contribution in [0.5, 0.6) is 0 Å². The van der Waals surface area contributed by atoms with Crippen molar-refractivity contribution in [1.29, 1.82) is 0 Å². The number of carbonyl (C=O) groups is 1. The van der Waals surface area contributed by atoms with Crippen LogP contribution in [-0.2, 0) is 0 Å². The Morgan fingerprint density at radius 3 is 2.72 bits per heavy atom. The van der Waals surface area contributed by atoms with Crippen LogP contribution < -0.4 is 5.32 Å². The van der Waals surface area contributed by atoms with Gasteiger partial charge in [-0.15, -0.1) is 0 Å². The van der Waals surface area contributed by atoms with Crippen molar-refractivity contribution in [3.63, 3.8) is 0 Å². The molecule has 0 fully saturated rings. The number of carbonyl (C=O) groups excluding carboxylic acids is 1. The number of benzene rings is 1. The fraction of sp³-hybridized carbons (Fsp3) is 0.308. The third-order valence-electron chi connectivity index (χ3n) is 2.46. The summed E-state index contributed by atoms with van der Waals surface area (Å²) in [6.45, 7) is 5.50. The molecule has 2 rings (SSSR count). The predicted molar refractivity (Wildman–Crippen MR) is 70.5 cm³/mol. The first kappa shape index (κ1) is 12.9. The number of aromatic amines is 1. The topological polar surface area (TPSA) is 44.9 Å². The third-order valence-corrected chi connectivity index (χ3v) is 2.73. The Bertz CT molecular complexity index is 613. The first-order valence-electron chi connectivity index (χ1n) is 5.57. The molecule has 0 saturated carbocycles. The van der Waals surface area contributed by atoms with Crippen LogP contribution >= 0.6 is 11.6 Å². The number of hydrogen-bond acceptors (Lipinski definition) is 1. The van der Waals surface area contributed by atoms with Crippen LogP contribution in [-0.4, -0.2) is 16.4 Å². The van der Waals surface area contributed by atoms with E-state index in [0.717, 1.165) is 0 Å². The van der Waals surface area contributed by atoms with E-state index in [4.69, 9.17) is 11.6 Å². The molecule has 0 aliphatic carbocycles. The molecule has 0 aliphatic rings. The molecule has 1 aromatic carbocycles. The SMILES string of the molecule is CC(C)(C)NC(=O)c1c(F)c(Cl)cc2cc[nH]c12. The lowest BCUT2D eigenvalue weighted by Gasteiger charge is -2.21. The minimum atomic E-state index is -0.701. The lowest BCUT2D eigenvalue weighted by Crippen LogP contribution is -2.41. The van der Waals surface area contributed by atoms with E-state index in [0.29, 0.717) is 10.9 Å². The molecule has 5 heteroatoms. The van der Waals surface area contributed by atoms with Crippen molar-refractivity contribution in [2.45, 2.75) is 26.3 Å². The van der Waals surface area contributed by atoms with E-state index in [1.54, 1.807) is 12.3 Å². The molecule has 18 heavy (non-hydrogen) atoms. The van der Waals surface area contributed by atoms with Gasteiger partial charge in [0.05, 0.1) is 10.5 Å².